The van der Waals surface area contributed by atoms with Gasteiger partial charge in [-0.2, -0.15) is 0 Å². The number of amides is 1. The van der Waals surface area contributed by atoms with Gasteiger partial charge in [0.1, 0.15) is 12.4 Å². The Labute approximate surface area is 137 Å². The van der Waals surface area contributed by atoms with E-state index >= 15 is 0 Å². The molecule has 0 spiro atoms. The Morgan fingerprint density at radius 3 is 2.91 bits per heavy atom. The summed E-state index contributed by atoms with van der Waals surface area (Å²) in [6.45, 7) is 4.01. The van der Waals surface area contributed by atoms with Crippen molar-refractivity contribution in [2.24, 2.45) is 0 Å². The van der Waals surface area contributed by atoms with E-state index in [1.165, 1.54) is 11.1 Å². The average molecular weight is 312 g/mol. The Hall–Kier alpha value is -2.14. The third kappa shape index (κ3) is 3.62. The fraction of sp³-hybridized carbons (Fsp3) is 0.444. The summed E-state index contributed by atoms with van der Waals surface area (Å²) in [6.07, 6.45) is 5.43. The highest BCUT2D eigenvalue weighted by molar-refractivity contribution is 5.75. The lowest BCUT2D eigenvalue weighted by Gasteiger charge is -2.34. The molecular weight excluding hydrogens is 288 g/mol. The van der Waals surface area contributed by atoms with Crippen molar-refractivity contribution in [1.29, 1.82) is 0 Å². The minimum absolute atomic E-state index is 0.0463. The number of hydrogen-bond acceptors (Lipinski definition) is 3. The Balaban J connectivity index is 1.55. The lowest BCUT2D eigenvalue weighted by molar-refractivity contribution is -0.121. The van der Waals surface area contributed by atoms with Crippen LogP contribution in [0.2, 0.25) is 0 Å². The molecule has 0 saturated carbocycles. The maximum absolute atomic E-state index is 12.2. The van der Waals surface area contributed by atoms with Gasteiger partial charge in [-0.3, -0.25) is 9.69 Å². The Bertz CT molecular complexity index is 679. The average Bonchev–Trinajstić information content (AvgIpc) is 3.00. The number of imidazole rings is 1. The molecule has 0 bridgehead atoms. The van der Waals surface area contributed by atoms with Gasteiger partial charge in [0.15, 0.2) is 0 Å². The number of fused-ring (bicyclic) bond motifs is 1. The van der Waals surface area contributed by atoms with Gasteiger partial charge < -0.3 is 9.88 Å². The first-order valence-electron chi connectivity index (χ1n) is 8.21. The van der Waals surface area contributed by atoms with Crippen LogP contribution in [-0.4, -0.2) is 40.0 Å². The second-order valence-electron chi connectivity index (χ2n) is 6.17. The van der Waals surface area contributed by atoms with Crippen LogP contribution in [0.15, 0.2) is 36.7 Å². The molecule has 1 aromatic carbocycles. The highest BCUT2D eigenvalue weighted by Crippen LogP contribution is 2.21. The lowest BCUT2D eigenvalue weighted by Crippen LogP contribution is -2.46. The van der Waals surface area contributed by atoms with Gasteiger partial charge in [0.25, 0.3) is 0 Å². The van der Waals surface area contributed by atoms with Crippen LogP contribution in [0.5, 0.6) is 0 Å². The predicted octanol–water partition coefficient (Wildman–Crippen LogP) is 1.62. The van der Waals surface area contributed by atoms with Gasteiger partial charge in [0, 0.05) is 37.9 Å². The Kier molecular flexibility index (Phi) is 4.76. The molecule has 0 aliphatic carbocycles. The van der Waals surface area contributed by atoms with Crippen molar-refractivity contribution >= 4 is 5.91 Å². The molecule has 5 heteroatoms. The molecule has 1 aliphatic rings. The fourth-order valence-corrected chi connectivity index (χ4v) is 3.19. The summed E-state index contributed by atoms with van der Waals surface area (Å²) in [6, 6.07) is 8.90. The molecule has 2 heterocycles. The molecule has 122 valence electrons. The van der Waals surface area contributed by atoms with E-state index in [-0.39, 0.29) is 5.91 Å². The van der Waals surface area contributed by atoms with Crippen LogP contribution in [0, 0.1) is 0 Å². The number of carbonyl (C=O) groups excluding carboxylic acids is 1. The van der Waals surface area contributed by atoms with E-state index in [0.29, 0.717) is 19.1 Å². The number of rotatable bonds is 5. The minimum atomic E-state index is 0.0463. The maximum Gasteiger partial charge on any atom is 0.240 e. The van der Waals surface area contributed by atoms with E-state index in [1.54, 1.807) is 6.20 Å². The second kappa shape index (κ2) is 6.96. The molecule has 3 rings (SSSR count). The monoisotopic (exact) mass is 312 g/mol. The van der Waals surface area contributed by atoms with Crippen LogP contribution in [0.25, 0.3) is 0 Å². The van der Waals surface area contributed by atoms with Crippen molar-refractivity contribution in [2.75, 3.05) is 13.6 Å². The van der Waals surface area contributed by atoms with Crippen molar-refractivity contribution in [3.8, 4) is 0 Å². The molecule has 1 atom stereocenters. The summed E-state index contributed by atoms with van der Waals surface area (Å²) < 4.78 is 1.91. The molecule has 1 aromatic heterocycles. The van der Waals surface area contributed by atoms with Gasteiger partial charge in [0.2, 0.25) is 5.91 Å². The smallest absolute Gasteiger partial charge is 0.240 e. The van der Waals surface area contributed by atoms with E-state index in [2.05, 4.69) is 46.5 Å². The third-order valence-electron chi connectivity index (χ3n) is 4.58. The summed E-state index contributed by atoms with van der Waals surface area (Å²) in [5.74, 6) is 0.994. The summed E-state index contributed by atoms with van der Waals surface area (Å²) in [5, 5.41) is 3.07. The summed E-state index contributed by atoms with van der Waals surface area (Å²) in [4.78, 5) is 18.8. The normalized spacial score (nSPS) is 17.7. The summed E-state index contributed by atoms with van der Waals surface area (Å²) in [7, 11) is 2.12. The second-order valence-corrected chi connectivity index (χ2v) is 6.17. The molecule has 2 aromatic rings. The highest BCUT2D eigenvalue weighted by Gasteiger charge is 2.23. The topological polar surface area (TPSA) is 50.2 Å². The molecule has 0 fully saturated rings. The Morgan fingerprint density at radius 1 is 1.35 bits per heavy atom. The number of nitrogens with one attached hydrogen (secondary N) is 1. The SMILES string of the molecule is CCc1nccn1CC(=O)NC[C@@H]1Cc2ccccc2CN1C. The largest absolute Gasteiger partial charge is 0.353 e. The van der Waals surface area contributed by atoms with Gasteiger partial charge in [-0.05, 0) is 24.6 Å². The summed E-state index contributed by atoms with van der Waals surface area (Å²) >= 11 is 0. The first-order chi connectivity index (χ1) is 11.2. The third-order valence-corrected chi connectivity index (χ3v) is 4.58. The van der Waals surface area contributed by atoms with Crippen molar-refractivity contribution in [3.63, 3.8) is 0 Å². The van der Waals surface area contributed by atoms with Gasteiger partial charge in [-0.25, -0.2) is 4.98 Å². The van der Waals surface area contributed by atoms with Crippen LogP contribution < -0.4 is 5.32 Å². The molecule has 0 radical (unpaired) electrons. The van der Waals surface area contributed by atoms with Crippen molar-refractivity contribution < 1.29 is 4.79 Å². The van der Waals surface area contributed by atoms with Gasteiger partial charge in [-0.15, -0.1) is 0 Å². The maximum atomic E-state index is 12.2. The zero-order valence-corrected chi connectivity index (χ0v) is 13.8. The molecular formula is C18H24N4O. The van der Waals surface area contributed by atoms with Crippen LogP contribution in [0.4, 0.5) is 0 Å². The standard InChI is InChI=1S/C18H24N4O/c1-3-17-19-8-9-22(17)13-18(23)20-11-16-10-14-6-4-5-7-15(14)12-21(16)2/h4-9,16H,3,10-13H2,1-2H3,(H,20,23)/t16-/m0/s1. The van der Waals surface area contributed by atoms with Crippen molar-refractivity contribution in [2.45, 2.75) is 38.9 Å². The van der Waals surface area contributed by atoms with Gasteiger partial charge in [-0.1, -0.05) is 31.2 Å². The number of hydrogen-bond donors (Lipinski definition) is 1. The van der Waals surface area contributed by atoms with Crippen LogP contribution >= 0.6 is 0 Å². The van der Waals surface area contributed by atoms with Crippen molar-refractivity contribution in [3.05, 3.63) is 53.6 Å². The number of carbonyl (C=O) groups is 1. The Morgan fingerprint density at radius 2 is 2.13 bits per heavy atom. The molecule has 0 saturated heterocycles. The zero-order chi connectivity index (χ0) is 16.2. The van der Waals surface area contributed by atoms with E-state index in [9.17, 15) is 4.79 Å². The van der Waals surface area contributed by atoms with E-state index < -0.39 is 0 Å². The predicted molar refractivity (Wildman–Crippen MR) is 90.0 cm³/mol. The molecule has 23 heavy (non-hydrogen) atoms. The molecule has 0 unspecified atom stereocenters. The van der Waals surface area contributed by atoms with Gasteiger partial charge >= 0.3 is 0 Å². The van der Waals surface area contributed by atoms with Crippen LogP contribution in [0.3, 0.4) is 0 Å². The lowest BCUT2D eigenvalue weighted by atomic mass is 9.94. The number of likely N-dealkylation sites (N-methyl/N-ethyl adjacent to an activating group) is 1. The molecule has 5 nitrogen and oxygen atoms in total. The van der Waals surface area contributed by atoms with E-state index in [0.717, 1.165) is 25.2 Å². The van der Waals surface area contributed by atoms with Gasteiger partial charge in [0.05, 0.1) is 0 Å². The minimum Gasteiger partial charge on any atom is -0.353 e. The zero-order valence-electron chi connectivity index (χ0n) is 13.8. The highest BCUT2D eigenvalue weighted by atomic mass is 16.1. The first kappa shape index (κ1) is 15.7. The van der Waals surface area contributed by atoms with Crippen LogP contribution in [-0.2, 0) is 30.7 Å². The number of aryl methyl sites for hydroxylation is 1. The van der Waals surface area contributed by atoms with E-state index in [1.807, 2.05) is 17.7 Å². The van der Waals surface area contributed by atoms with E-state index in [4.69, 9.17) is 0 Å². The van der Waals surface area contributed by atoms with Crippen LogP contribution in [0.1, 0.15) is 23.9 Å². The summed E-state index contributed by atoms with van der Waals surface area (Å²) in [5.41, 5.74) is 2.79. The molecule has 1 N–H and O–H groups in total. The molecule has 1 amide bonds. The quantitative estimate of drug-likeness (QED) is 0.913. The molecule has 1 aliphatic heterocycles. The number of benzene rings is 1. The number of aromatic nitrogens is 2. The fourth-order valence-electron chi connectivity index (χ4n) is 3.19. The van der Waals surface area contributed by atoms with Crippen molar-refractivity contribution in [1.82, 2.24) is 19.8 Å². The first-order valence-corrected chi connectivity index (χ1v) is 8.21. The number of nitrogens with zero attached hydrogens (tertiary/aromatic N) is 3.